The molecule has 4 heteroatoms. The van der Waals surface area contributed by atoms with Gasteiger partial charge in [-0.15, -0.1) is 0 Å². The van der Waals surface area contributed by atoms with Gasteiger partial charge >= 0.3 is 5.97 Å². The Hall–Kier alpha value is -1.06. The maximum atomic E-state index is 11.7. The van der Waals surface area contributed by atoms with Crippen LogP contribution >= 0.6 is 0 Å². The number of nitrogens with one attached hydrogen (secondary N) is 1. The van der Waals surface area contributed by atoms with E-state index in [2.05, 4.69) is 5.32 Å². The summed E-state index contributed by atoms with van der Waals surface area (Å²) in [5.41, 5.74) is 0. The van der Waals surface area contributed by atoms with Crippen LogP contribution in [0.4, 0.5) is 0 Å². The molecule has 0 saturated carbocycles. The van der Waals surface area contributed by atoms with Gasteiger partial charge in [0.1, 0.15) is 0 Å². The molecule has 0 spiro atoms. The molecular weight excluding hydrogens is 206 g/mol. The molecule has 0 aromatic rings. The highest BCUT2D eigenvalue weighted by Gasteiger charge is 2.21. The van der Waals surface area contributed by atoms with Crippen molar-refractivity contribution in [2.45, 2.75) is 53.0 Å². The van der Waals surface area contributed by atoms with Gasteiger partial charge in [-0.05, 0) is 12.3 Å². The van der Waals surface area contributed by atoms with Crippen molar-refractivity contribution >= 4 is 11.9 Å². The van der Waals surface area contributed by atoms with Crippen molar-refractivity contribution in [3.8, 4) is 0 Å². The molecule has 0 aliphatic heterocycles. The first kappa shape index (κ1) is 14.9. The normalized spacial score (nSPS) is 14.6. The summed E-state index contributed by atoms with van der Waals surface area (Å²) in [6, 6.07) is -0.240. The number of carboxylic acids is 1. The van der Waals surface area contributed by atoms with Crippen molar-refractivity contribution in [3.63, 3.8) is 0 Å². The second kappa shape index (κ2) is 7.25. The number of rotatable bonds is 7. The summed E-state index contributed by atoms with van der Waals surface area (Å²) >= 11 is 0. The molecule has 2 unspecified atom stereocenters. The van der Waals surface area contributed by atoms with E-state index in [1.54, 1.807) is 0 Å². The summed E-state index contributed by atoms with van der Waals surface area (Å²) in [7, 11) is 0. The van der Waals surface area contributed by atoms with E-state index in [4.69, 9.17) is 5.11 Å². The van der Waals surface area contributed by atoms with Gasteiger partial charge in [-0.25, -0.2) is 0 Å². The highest BCUT2D eigenvalue weighted by atomic mass is 16.4. The van der Waals surface area contributed by atoms with Crippen molar-refractivity contribution in [1.29, 1.82) is 0 Å². The van der Waals surface area contributed by atoms with Crippen LogP contribution in [0, 0.1) is 11.8 Å². The topological polar surface area (TPSA) is 66.4 Å². The number of carbonyl (C=O) groups is 2. The molecule has 16 heavy (non-hydrogen) atoms. The maximum absolute atomic E-state index is 11.7. The minimum absolute atomic E-state index is 0.00436. The smallest absolute Gasteiger partial charge is 0.305 e. The molecule has 0 aromatic heterocycles. The van der Waals surface area contributed by atoms with Gasteiger partial charge in [0.25, 0.3) is 0 Å². The van der Waals surface area contributed by atoms with Crippen LogP contribution in [0.3, 0.4) is 0 Å². The zero-order valence-corrected chi connectivity index (χ0v) is 10.6. The number of carboxylic acid groups (broad SMARTS) is 1. The fraction of sp³-hybridized carbons (Fsp3) is 0.833. The van der Waals surface area contributed by atoms with Crippen LogP contribution in [-0.4, -0.2) is 23.0 Å². The molecule has 0 aliphatic rings. The molecule has 0 aliphatic carbocycles. The van der Waals surface area contributed by atoms with Crippen molar-refractivity contribution in [3.05, 3.63) is 0 Å². The average molecular weight is 229 g/mol. The number of hydrogen-bond donors (Lipinski definition) is 2. The van der Waals surface area contributed by atoms with E-state index in [0.29, 0.717) is 6.42 Å². The summed E-state index contributed by atoms with van der Waals surface area (Å²) in [6.45, 7) is 7.81. The lowest BCUT2D eigenvalue weighted by molar-refractivity contribution is -0.138. The summed E-state index contributed by atoms with van der Waals surface area (Å²) in [4.78, 5) is 22.4. The van der Waals surface area contributed by atoms with Gasteiger partial charge in [0.05, 0.1) is 6.42 Å². The highest BCUT2D eigenvalue weighted by molar-refractivity contribution is 5.79. The van der Waals surface area contributed by atoms with Gasteiger partial charge in [-0.3, -0.25) is 9.59 Å². The first-order valence-corrected chi connectivity index (χ1v) is 5.90. The van der Waals surface area contributed by atoms with E-state index >= 15 is 0 Å². The third-order valence-electron chi connectivity index (χ3n) is 2.82. The second-order valence-corrected chi connectivity index (χ2v) is 4.62. The first-order chi connectivity index (χ1) is 7.38. The fourth-order valence-corrected chi connectivity index (χ4v) is 1.42. The number of amides is 1. The van der Waals surface area contributed by atoms with E-state index in [0.717, 1.165) is 6.42 Å². The van der Waals surface area contributed by atoms with Gasteiger partial charge < -0.3 is 10.4 Å². The third-order valence-corrected chi connectivity index (χ3v) is 2.82. The minimum Gasteiger partial charge on any atom is -0.481 e. The quantitative estimate of drug-likeness (QED) is 0.702. The van der Waals surface area contributed by atoms with Crippen molar-refractivity contribution < 1.29 is 14.7 Å². The van der Waals surface area contributed by atoms with Crippen molar-refractivity contribution in [1.82, 2.24) is 5.32 Å². The van der Waals surface area contributed by atoms with Crippen LogP contribution in [-0.2, 0) is 9.59 Å². The Bertz CT molecular complexity index is 238. The van der Waals surface area contributed by atoms with E-state index in [1.165, 1.54) is 0 Å². The zero-order chi connectivity index (χ0) is 12.7. The van der Waals surface area contributed by atoms with Gasteiger partial charge in [0.15, 0.2) is 0 Å². The van der Waals surface area contributed by atoms with Crippen LogP contribution in [0.15, 0.2) is 0 Å². The van der Waals surface area contributed by atoms with E-state index in [9.17, 15) is 9.59 Å². The summed E-state index contributed by atoms with van der Waals surface area (Å²) in [6.07, 6.45) is 1.58. The molecule has 0 heterocycles. The van der Waals surface area contributed by atoms with Crippen LogP contribution in [0.2, 0.25) is 0 Å². The second-order valence-electron chi connectivity index (χ2n) is 4.62. The Balaban J connectivity index is 4.27. The molecule has 0 bridgehead atoms. The van der Waals surface area contributed by atoms with E-state index in [1.807, 2.05) is 27.7 Å². The van der Waals surface area contributed by atoms with E-state index < -0.39 is 5.97 Å². The molecule has 2 atom stereocenters. The van der Waals surface area contributed by atoms with Gasteiger partial charge in [-0.1, -0.05) is 34.1 Å². The summed E-state index contributed by atoms with van der Waals surface area (Å²) in [5, 5.41) is 11.5. The zero-order valence-electron chi connectivity index (χ0n) is 10.6. The summed E-state index contributed by atoms with van der Waals surface area (Å²) < 4.78 is 0. The molecule has 94 valence electrons. The lowest BCUT2D eigenvalue weighted by Gasteiger charge is -2.21. The molecule has 0 saturated heterocycles. The highest BCUT2D eigenvalue weighted by Crippen LogP contribution is 2.11. The average Bonchev–Trinajstić information content (AvgIpc) is 2.15. The maximum Gasteiger partial charge on any atom is 0.305 e. The van der Waals surface area contributed by atoms with Crippen molar-refractivity contribution in [2.75, 3.05) is 0 Å². The lowest BCUT2D eigenvalue weighted by Crippen LogP contribution is -2.40. The standard InChI is InChI=1S/C12H23NO3/c1-5-6-10(7-11(14)15)13-12(16)9(4)8(2)3/h8-10H,5-7H2,1-4H3,(H,13,16)(H,14,15). The Labute approximate surface area is 97.4 Å². The predicted molar refractivity (Wildman–Crippen MR) is 63.1 cm³/mol. The van der Waals surface area contributed by atoms with Gasteiger partial charge in [0.2, 0.25) is 5.91 Å². The predicted octanol–water partition coefficient (Wildman–Crippen LogP) is 2.04. The monoisotopic (exact) mass is 229 g/mol. The number of carbonyl (C=O) groups excluding carboxylic acids is 1. The molecule has 0 fully saturated rings. The van der Waals surface area contributed by atoms with Crippen LogP contribution in [0.5, 0.6) is 0 Å². The SMILES string of the molecule is CCCC(CC(=O)O)NC(=O)C(C)C(C)C. The Morgan fingerprint density at radius 1 is 1.25 bits per heavy atom. The largest absolute Gasteiger partial charge is 0.481 e. The van der Waals surface area contributed by atoms with Crippen LogP contribution in [0.1, 0.15) is 47.0 Å². The Morgan fingerprint density at radius 3 is 2.19 bits per heavy atom. The number of aliphatic carboxylic acids is 1. The molecule has 4 nitrogen and oxygen atoms in total. The van der Waals surface area contributed by atoms with E-state index in [-0.39, 0.29) is 30.2 Å². The molecule has 0 aromatic carbocycles. The number of hydrogen-bond acceptors (Lipinski definition) is 2. The molecule has 1 amide bonds. The van der Waals surface area contributed by atoms with Gasteiger partial charge in [-0.2, -0.15) is 0 Å². The molecule has 2 N–H and O–H groups in total. The summed E-state index contributed by atoms with van der Waals surface area (Å²) in [5.74, 6) is -0.717. The molecule has 0 radical (unpaired) electrons. The van der Waals surface area contributed by atoms with Crippen LogP contribution in [0.25, 0.3) is 0 Å². The van der Waals surface area contributed by atoms with Crippen molar-refractivity contribution in [2.24, 2.45) is 11.8 Å². The fourth-order valence-electron chi connectivity index (χ4n) is 1.42. The third kappa shape index (κ3) is 5.73. The molecule has 0 rings (SSSR count). The molecular formula is C12H23NO3. The first-order valence-electron chi connectivity index (χ1n) is 5.90. The minimum atomic E-state index is -0.865. The Morgan fingerprint density at radius 2 is 1.81 bits per heavy atom. The Kier molecular flexibility index (Phi) is 6.77. The van der Waals surface area contributed by atoms with Crippen LogP contribution < -0.4 is 5.32 Å². The lowest BCUT2D eigenvalue weighted by atomic mass is 9.96. The van der Waals surface area contributed by atoms with Gasteiger partial charge in [0, 0.05) is 12.0 Å².